The standard InChI is InChI=1S/C12H20N4O2/c1-8(2)4-9(5-13)15-11-7-14-6-10(16-11)12(17)18-3/h6-9H,4-5,13H2,1-3H3,(H,15,16). The van der Waals surface area contributed by atoms with Crippen LogP contribution in [0.4, 0.5) is 5.82 Å². The van der Waals surface area contributed by atoms with Crippen LogP contribution < -0.4 is 11.1 Å². The quantitative estimate of drug-likeness (QED) is 0.735. The van der Waals surface area contributed by atoms with Crippen molar-refractivity contribution in [1.82, 2.24) is 9.97 Å². The molecule has 1 unspecified atom stereocenters. The molecule has 0 aliphatic carbocycles. The third kappa shape index (κ3) is 4.29. The molecule has 0 saturated carbocycles. The molecule has 0 amide bonds. The van der Waals surface area contributed by atoms with Gasteiger partial charge >= 0.3 is 5.97 Å². The van der Waals surface area contributed by atoms with Gasteiger partial charge in [0.25, 0.3) is 0 Å². The number of nitrogens with zero attached hydrogens (tertiary/aromatic N) is 2. The number of nitrogens with one attached hydrogen (secondary N) is 1. The Bertz CT molecular complexity index is 395. The van der Waals surface area contributed by atoms with Gasteiger partial charge < -0.3 is 15.8 Å². The van der Waals surface area contributed by atoms with Crippen molar-refractivity contribution in [2.45, 2.75) is 26.3 Å². The van der Waals surface area contributed by atoms with E-state index in [1.807, 2.05) is 0 Å². The third-order valence-electron chi connectivity index (χ3n) is 2.42. The second-order valence-electron chi connectivity index (χ2n) is 4.49. The Balaban J connectivity index is 2.74. The number of hydrogen-bond donors (Lipinski definition) is 2. The van der Waals surface area contributed by atoms with Crippen LogP contribution in [0.3, 0.4) is 0 Å². The first-order valence-electron chi connectivity index (χ1n) is 5.93. The zero-order valence-corrected chi connectivity index (χ0v) is 11.0. The van der Waals surface area contributed by atoms with Gasteiger partial charge in [-0.3, -0.25) is 4.98 Å². The number of ether oxygens (including phenoxy) is 1. The van der Waals surface area contributed by atoms with Gasteiger partial charge in [0.05, 0.1) is 19.5 Å². The van der Waals surface area contributed by atoms with Crippen molar-refractivity contribution in [3.05, 3.63) is 18.1 Å². The first-order chi connectivity index (χ1) is 8.56. The van der Waals surface area contributed by atoms with Crippen LogP contribution in [0.25, 0.3) is 0 Å². The van der Waals surface area contributed by atoms with Gasteiger partial charge in [0.2, 0.25) is 0 Å². The maximum absolute atomic E-state index is 11.3. The highest BCUT2D eigenvalue weighted by Gasteiger charge is 2.12. The first kappa shape index (κ1) is 14.4. The van der Waals surface area contributed by atoms with Crippen LogP contribution in [0, 0.1) is 5.92 Å². The van der Waals surface area contributed by atoms with E-state index in [0.29, 0.717) is 18.3 Å². The van der Waals surface area contributed by atoms with Gasteiger partial charge in [0.1, 0.15) is 5.82 Å². The lowest BCUT2D eigenvalue weighted by molar-refractivity contribution is 0.0593. The summed E-state index contributed by atoms with van der Waals surface area (Å²) in [6.45, 7) is 4.75. The molecule has 1 heterocycles. The lowest BCUT2D eigenvalue weighted by Gasteiger charge is -2.19. The number of nitrogens with two attached hydrogens (primary N) is 1. The summed E-state index contributed by atoms with van der Waals surface area (Å²) in [6.07, 6.45) is 3.87. The van der Waals surface area contributed by atoms with E-state index in [2.05, 4.69) is 33.9 Å². The van der Waals surface area contributed by atoms with Gasteiger partial charge in [-0.15, -0.1) is 0 Å². The van der Waals surface area contributed by atoms with E-state index in [4.69, 9.17) is 5.73 Å². The van der Waals surface area contributed by atoms with E-state index in [1.165, 1.54) is 13.3 Å². The molecule has 0 bridgehead atoms. The summed E-state index contributed by atoms with van der Waals surface area (Å²) in [7, 11) is 1.31. The van der Waals surface area contributed by atoms with Crippen molar-refractivity contribution < 1.29 is 9.53 Å². The Morgan fingerprint density at radius 3 is 2.78 bits per heavy atom. The summed E-state index contributed by atoms with van der Waals surface area (Å²) >= 11 is 0. The highest BCUT2D eigenvalue weighted by Crippen LogP contribution is 2.10. The van der Waals surface area contributed by atoms with Crippen molar-refractivity contribution in [2.75, 3.05) is 19.0 Å². The Morgan fingerprint density at radius 2 is 2.22 bits per heavy atom. The van der Waals surface area contributed by atoms with E-state index < -0.39 is 5.97 Å². The average Bonchev–Trinajstić information content (AvgIpc) is 2.36. The molecule has 6 heteroatoms. The first-order valence-corrected chi connectivity index (χ1v) is 5.93. The molecule has 1 aromatic heterocycles. The molecule has 0 aliphatic rings. The molecule has 0 aliphatic heterocycles. The van der Waals surface area contributed by atoms with Crippen molar-refractivity contribution in [2.24, 2.45) is 11.7 Å². The normalized spacial score (nSPS) is 12.3. The van der Waals surface area contributed by atoms with Crippen LogP contribution in [-0.2, 0) is 4.74 Å². The van der Waals surface area contributed by atoms with Crippen molar-refractivity contribution in [1.29, 1.82) is 0 Å². The molecule has 1 aromatic rings. The number of esters is 1. The van der Waals surface area contributed by atoms with Crippen LogP contribution >= 0.6 is 0 Å². The van der Waals surface area contributed by atoms with Crippen molar-refractivity contribution in [3.63, 3.8) is 0 Å². The Morgan fingerprint density at radius 1 is 1.50 bits per heavy atom. The van der Waals surface area contributed by atoms with Crippen LogP contribution in [0.1, 0.15) is 30.8 Å². The van der Waals surface area contributed by atoms with E-state index in [-0.39, 0.29) is 11.7 Å². The predicted octanol–water partition coefficient (Wildman–Crippen LogP) is 1.05. The topological polar surface area (TPSA) is 90.1 Å². The minimum Gasteiger partial charge on any atom is -0.464 e. The highest BCUT2D eigenvalue weighted by molar-refractivity contribution is 5.87. The molecule has 0 fully saturated rings. The number of anilines is 1. The Kier molecular flexibility index (Phi) is 5.51. The summed E-state index contributed by atoms with van der Waals surface area (Å²) in [4.78, 5) is 19.4. The largest absolute Gasteiger partial charge is 0.464 e. The number of rotatable bonds is 6. The van der Waals surface area contributed by atoms with Gasteiger partial charge in [-0.2, -0.15) is 0 Å². The summed E-state index contributed by atoms with van der Waals surface area (Å²) in [6, 6.07) is 0.118. The Hall–Kier alpha value is -1.69. The lowest BCUT2D eigenvalue weighted by Crippen LogP contribution is -2.30. The smallest absolute Gasteiger partial charge is 0.358 e. The molecule has 100 valence electrons. The van der Waals surface area contributed by atoms with Crippen LogP contribution in [-0.4, -0.2) is 35.6 Å². The SMILES string of the molecule is COC(=O)c1cncc(NC(CN)CC(C)C)n1. The number of carbonyl (C=O) groups is 1. The van der Waals surface area contributed by atoms with Crippen molar-refractivity contribution >= 4 is 11.8 Å². The minimum absolute atomic E-state index is 0.118. The number of carbonyl (C=O) groups excluding carboxylic acids is 1. The molecule has 18 heavy (non-hydrogen) atoms. The summed E-state index contributed by atoms with van der Waals surface area (Å²) in [5.74, 6) is 0.566. The zero-order chi connectivity index (χ0) is 13.5. The van der Waals surface area contributed by atoms with Gasteiger partial charge in [-0.25, -0.2) is 9.78 Å². The highest BCUT2D eigenvalue weighted by atomic mass is 16.5. The fourth-order valence-corrected chi connectivity index (χ4v) is 1.63. The molecule has 3 N–H and O–H groups in total. The molecule has 1 rings (SSSR count). The van der Waals surface area contributed by atoms with E-state index in [0.717, 1.165) is 6.42 Å². The van der Waals surface area contributed by atoms with Gasteiger partial charge in [0, 0.05) is 12.6 Å². The molecule has 0 spiro atoms. The molecule has 6 nitrogen and oxygen atoms in total. The summed E-state index contributed by atoms with van der Waals surface area (Å²) in [5.41, 5.74) is 5.87. The van der Waals surface area contributed by atoms with E-state index in [1.54, 1.807) is 6.20 Å². The average molecular weight is 252 g/mol. The number of aromatic nitrogens is 2. The van der Waals surface area contributed by atoms with Gasteiger partial charge in [0.15, 0.2) is 5.69 Å². The lowest BCUT2D eigenvalue weighted by atomic mass is 10.0. The third-order valence-corrected chi connectivity index (χ3v) is 2.42. The molecule has 0 aromatic carbocycles. The molecule has 1 atom stereocenters. The molecule has 0 radical (unpaired) electrons. The second kappa shape index (κ2) is 6.90. The van der Waals surface area contributed by atoms with Crippen LogP contribution in [0.15, 0.2) is 12.4 Å². The molecular formula is C12H20N4O2. The molecular weight excluding hydrogens is 232 g/mol. The number of hydrogen-bond acceptors (Lipinski definition) is 6. The molecule has 0 saturated heterocycles. The van der Waals surface area contributed by atoms with Gasteiger partial charge in [-0.1, -0.05) is 13.8 Å². The van der Waals surface area contributed by atoms with Crippen LogP contribution in [0.5, 0.6) is 0 Å². The number of methoxy groups -OCH3 is 1. The van der Waals surface area contributed by atoms with Crippen molar-refractivity contribution in [3.8, 4) is 0 Å². The monoisotopic (exact) mass is 252 g/mol. The van der Waals surface area contributed by atoms with E-state index in [9.17, 15) is 4.79 Å². The zero-order valence-electron chi connectivity index (χ0n) is 11.0. The Labute approximate surface area is 107 Å². The summed E-state index contributed by atoms with van der Waals surface area (Å²) < 4.78 is 4.59. The maximum atomic E-state index is 11.3. The predicted molar refractivity (Wildman–Crippen MR) is 69.3 cm³/mol. The fraction of sp³-hybridized carbons (Fsp3) is 0.583. The fourth-order valence-electron chi connectivity index (χ4n) is 1.63. The van der Waals surface area contributed by atoms with Gasteiger partial charge in [-0.05, 0) is 12.3 Å². The second-order valence-corrected chi connectivity index (χ2v) is 4.49. The maximum Gasteiger partial charge on any atom is 0.358 e. The summed E-state index contributed by atoms with van der Waals surface area (Å²) in [5, 5.41) is 3.17. The van der Waals surface area contributed by atoms with Crippen LogP contribution in [0.2, 0.25) is 0 Å². The minimum atomic E-state index is -0.501. The van der Waals surface area contributed by atoms with E-state index >= 15 is 0 Å².